The molecule has 0 radical (unpaired) electrons. The van der Waals surface area contributed by atoms with Crippen molar-refractivity contribution in [3.8, 4) is 5.75 Å². The number of methoxy groups -OCH3 is 1. The molecule has 2 aliphatic heterocycles. The van der Waals surface area contributed by atoms with Crippen molar-refractivity contribution < 1.29 is 9.53 Å². The molecule has 32 heavy (non-hydrogen) atoms. The standard InChI is InChI=1S/C27H29N3O2/c1-32-26-12-5-4-11-25(26)29-17-15-28(16-18-29)20-21-7-6-9-23(19-21)27(31)30-14-13-22-8-2-3-10-24(22)30/h2-12,19H,13-18,20H2,1H3. The number of hydrogen-bond donors (Lipinski definition) is 0. The number of anilines is 2. The maximum absolute atomic E-state index is 13.2. The van der Waals surface area contributed by atoms with Crippen LogP contribution in [0.3, 0.4) is 0 Å². The zero-order valence-electron chi connectivity index (χ0n) is 18.5. The normalized spacial score (nSPS) is 16.2. The molecule has 0 aliphatic carbocycles. The summed E-state index contributed by atoms with van der Waals surface area (Å²) in [7, 11) is 1.73. The number of para-hydroxylation sites is 3. The molecular formula is C27H29N3O2. The fourth-order valence-electron chi connectivity index (χ4n) is 4.80. The lowest BCUT2D eigenvalue weighted by molar-refractivity contribution is 0.0989. The molecule has 1 amide bonds. The van der Waals surface area contributed by atoms with Crippen molar-refractivity contribution in [2.45, 2.75) is 13.0 Å². The Labute approximate surface area is 189 Å². The van der Waals surface area contributed by atoms with Crippen LogP contribution in [-0.2, 0) is 13.0 Å². The van der Waals surface area contributed by atoms with Gasteiger partial charge < -0.3 is 14.5 Å². The van der Waals surface area contributed by atoms with Gasteiger partial charge in [0.25, 0.3) is 5.91 Å². The van der Waals surface area contributed by atoms with Crippen molar-refractivity contribution in [1.82, 2.24) is 4.90 Å². The zero-order chi connectivity index (χ0) is 21.9. The summed E-state index contributed by atoms with van der Waals surface area (Å²) in [6.07, 6.45) is 0.929. The third-order valence-electron chi connectivity index (χ3n) is 6.51. The Morgan fingerprint density at radius 1 is 0.844 bits per heavy atom. The summed E-state index contributed by atoms with van der Waals surface area (Å²) in [5.41, 5.74) is 5.43. The van der Waals surface area contributed by atoms with Gasteiger partial charge in [-0.15, -0.1) is 0 Å². The molecule has 2 aliphatic rings. The van der Waals surface area contributed by atoms with E-state index in [1.54, 1.807) is 7.11 Å². The third-order valence-corrected chi connectivity index (χ3v) is 6.51. The highest BCUT2D eigenvalue weighted by atomic mass is 16.5. The second-order valence-electron chi connectivity index (χ2n) is 8.47. The van der Waals surface area contributed by atoms with Gasteiger partial charge in [-0.2, -0.15) is 0 Å². The van der Waals surface area contributed by atoms with Crippen LogP contribution >= 0.6 is 0 Å². The minimum Gasteiger partial charge on any atom is -0.495 e. The van der Waals surface area contributed by atoms with E-state index in [0.29, 0.717) is 0 Å². The number of benzene rings is 3. The van der Waals surface area contributed by atoms with Gasteiger partial charge in [-0.25, -0.2) is 0 Å². The van der Waals surface area contributed by atoms with E-state index in [9.17, 15) is 4.79 Å². The van der Waals surface area contributed by atoms with Gasteiger partial charge in [0, 0.05) is 50.5 Å². The van der Waals surface area contributed by atoms with Crippen LogP contribution in [0, 0.1) is 0 Å². The van der Waals surface area contributed by atoms with E-state index in [1.807, 2.05) is 47.4 Å². The second-order valence-corrected chi connectivity index (χ2v) is 8.47. The number of ether oxygens (including phenoxy) is 1. The van der Waals surface area contributed by atoms with Crippen molar-refractivity contribution in [2.24, 2.45) is 0 Å². The summed E-state index contributed by atoms with van der Waals surface area (Å²) in [4.78, 5) is 20.0. The molecule has 0 unspecified atom stereocenters. The quantitative estimate of drug-likeness (QED) is 0.611. The first-order chi connectivity index (χ1) is 15.7. The van der Waals surface area contributed by atoms with E-state index < -0.39 is 0 Å². The molecule has 0 spiro atoms. The topological polar surface area (TPSA) is 36.0 Å². The highest BCUT2D eigenvalue weighted by Crippen LogP contribution is 2.30. The van der Waals surface area contributed by atoms with Crippen LogP contribution in [-0.4, -0.2) is 50.6 Å². The largest absolute Gasteiger partial charge is 0.495 e. The molecule has 0 aromatic heterocycles. The minimum absolute atomic E-state index is 0.0952. The lowest BCUT2D eigenvalue weighted by Crippen LogP contribution is -2.46. The molecule has 164 valence electrons. The lowest BCUT2D eigenvalue weighted by atomic mass is 10.1. The number of fused-ring (bicyclic) bond motifs is 1. The molecule has 1 saturated heterocycles. The van der Waals surface area contributed by atoms with Gasteiger partial charge in [0.05, 0.1) is 12.8 Å². The number of nitrogens with zero attached hydrogens (tertiary/aromatic N) is 3. The first kappa shape index (κ1) is 20.6. The molecular weight excluding hydrogens is 398 g/mol. The van der Waals surface area contributed by atoms with E-state index in [1.165, 1.54) is 11.1 Å². The first-order valence-corrected chi connectivity index (χ1v) is 11.3. The molecule has 0 atom stereocenters. The maximum Gasteiger partial charge on any atom is 0.258 e. The zero-order valence-corrected chi connectivity index (χ0v) is 18.5. The van der Waals surface area contributed by atoms with Crippen LogP contribution in [0.25, 0.3) is 0 Å². The predicted octanol–water partition coefficient (Wildman–Crippen LogP) is 4.22. The fraction of sp³-hybridized carbons (Fsp3) is 0.296. The van der Waals surface area contributed by atoms with Crippen LogP contribution in [0.2, 0.25) is 0 Å². The van der Waals surface area contributed by atoms with Crippen LogP contribution in [0.4, 0.5) is 11.4 Å². The van der Waals surface area contributed by atoms with Gasteiger partial charge in [0.1, 0.15) is 5.75 Å². The maximum atomic E-state index is 13.2. The Morgan fingerprint density at radius 2 is 1.59 bits per heavy atom. The number of carbonyl (C=O) groups excluding carboxylic acids is 1. The third kappa shape index (κ3) is 4.08. The number of hydrogen-bond acceptors (Lipinski definition) is 4. The molecule has 5 rings (SSSR count). The van der Waals surface area contributed by atoms with Crippen LogP contribution in [0.15, 0.2) is 72.8 Å². The Kier molecular flexibility index (Phi) is 5.82. The predicted molar refractivity (Wildman–Crippen MR) is 129 cm³/mol. The summed E-state index contributed by atoms with van der Waals surface area (Å²) in [5.74, 6) is 1.02. The van der Waals surface area contributed by atoms with E-state index in [2.05, 4.69) is 40.1 Å². The van der Waals surface area contributed by atoms with Gasteiger partial charge in [0.15, 0.2) is 0 Å². The first-order valence-electron chi connectivity index (χ1n) is 11.3. The molecule has 5 nitrogen and oxygen atoms in total. The lowest BCUT2D eigenvalue weighted by Gasteiger charge is -2.36. The second kappa shape index (κ2) is 9.05. The van der Waals surface area contributed by atoms with Crippen molar-refractivity contribution >= 4 is 17.3 Å². The monoisotopic (exact) mass is 427 g/mol. The van der Waals surface area contributed by atoms with Crippen molar-refractivity contribution in [3.05, 3.63) is 89.5 Å². The average Bonchev–Trinajstić information content (AvgIpc) is 3.28. The molecule has 0 N–H and O–H groups in total. The highest BCUT2D eigenvalue weighted by molar-refractivity contribution is 6.07. The molecule has 0 saturated carbocycles. The van der Waals surface area contributed by atoms with Crippen molar-refractivity contribution in [1.29, 1.82) is 0 Å². The molecule has 3 aromatic carbocycles. The number of piperazine rings is 1. The van der Waals surface area contributed by atoms with Crippen molar-refractivity contribution in [3.63, 3.8) is 0 Å². The van der Waals surface area contributed by atoms with Crippen LogP contribution < -0.4 is 14.5 Å². The van der Waals surface area contributed by atoms with Gasteiger partial charge in [0.2, 0.25) is 0 Å². The molecule has 5 heteroatoms. The number of carbonyl (C=O) groups is 1. The Morgan fingerprint density at radius 3 is 2.41 bits per heavy atom. The SMILES string of the molecule is COc1ccccc1N1CCN(Cc2cccc(C(=O)N3CCc4ccccc43)c2)CC1. The summed E-state index contributed by atoms with van der Waals surface area (Å²) in [6, 6.07) is 24.6. The Balaban J connectivity index is 1.23. The Bertz CT molecular complexity index is 1110. The van der Waals surface area contributed by atoms with E-state index in [4.69, 9.17) is 4.74 Å². The number of amides is 1. The van der Waals surface area contributed by atoms with Gasteiger partial charge >= 0.3 is 0 Å². The van der Waals surface area contributed by atoms with Gasteiger partial charge in [-0.3, -0.25) is 9.69 Å². The average molecular weight is 428 g/mol. The van der Waals surface area contributed by atoms with Crippen molar-refractivity contribution in [2.75, 3.05) is 49.6 Å². The van der Waals surface area contributed by atoms with Gasteiger partial charge in [-0.05, 0) is 47.9 Å². The summed E-state index contributed by atoms with van der Waals surface area (Å²) in [5, 5.41) is 0. The smallest absolute Gasteiger partial charge is 0.258 e. The molecule has 0 bridgehead atoms. The van der Waals surface area contributed by atoms with Gasteiger partial charge in [-0.1, -0.05) is 42.5 Å². The summed E-state index contributed by atoms with van der Waals surface area (Å²) >= 11 is 0. The van der Waals surface area contributed by atoms with Crippen LogP contribution in [0.1, 0.15) is 21.5 Å². The minimum atomic E-state index is 0.0952. The van der Waals surface area contributed by atoms with Crippen LogP contribution in [0.5, 0.6) is 5.75 Å². The van der Waals surface area contributed by atoms with E-state index >= 15 is 0 Å². The Hall–Kier alpha value is -3.31. The fourth-order valence-corrected chi connectivity index (χ4v) is 4.80. The molecule has 2 heterocycles. The van der Waals surface area contributed by atoms with E-state index in [0.717, 1.165) is 68.4 Å². The number of rotatable bonds is 5. The van der Waals surface area contributed by atoms with E-state index in [-0.39, 0.29) is 5.91 Å². The molecule has 1 fully saturated rings. The highest BCUT2D eigenvalue weighted by Gasteiger charge is 2.25. The summed E-state index contributed by atoms with van der Waals surface area (Å²) in [6.45, 7) is 5.50. The molecule has 3 aromatic rings. The summed E-state index contributed by atoms with van der Waals surface area (Å²) < 4.78 is 5.53.